The van der Waals surface area contributed by atoms with Crippen LogP contribution in [0.2, 0.25) is 5.02 Å². The summed E-state index contributed by atoms with van der Waals surface area (Å²) in [4.78, 5) is 20.6. The number of benzene rings is 1. The van der Waals surface area contributed by atoms with Crippen LogP contribution in [-0.4, -0.2) is 65.6 Å². The van der Waals surface area contributed by atoms with Gasteiger partial charge in [-0.2, -0.15) is 5.10 Å². The van der Waals surface area contributed by atoms with Crippen LogP contribution in [0.3, 0.4) is 0 Å². The van der Waals surface area contributed by atoms with Gasteiger partial charge in [-0.3, -0.25) is 5.01 Å². The predicted octanol–water partition coefficient (Wildman–Crippen LogP) is 3.23. The Balaban J connectivity index is 1.49. The van der Waals surface area contributed by atoms with Crippen molar-refractivity contribution in [2.75, 3.05) is 32.2 Å². The summed E-state index contributed by atoms with van der Waals surface area (Å²) in [6, 6.07) is 7.34. The predicted molar refractivity (Wildman–Crippen MR) is 115 cm³/mol. The van der Waals surface area contributed by atoms with E-state index in [-0.39, 0.29) is 5.97 Å². The van der Waals surface area contributed by atoms with Crippen LogP contribution in [0.15, 0.2) is 35.6 Å². The number of methoxy groups -OCH3 is 1. The summed E-state index contributed by atoms with van der Waals surface area (Å²) in [5.41, 5.74) is 1.45. The molecule has 1 fully saturated rings. The second kappa shape index (κ2) is 8.57. The molecule has 8 nitrogen and oxygen atoms in total. The Labute approximate surface area is 180 Å². The second-order valence-electron chi connectivity index (χ2n) is 7.69. The molecular formula is C21H24ClN5O3. The van der Waals surface area contributed by atoms with Gasteiger partial charge >= 0.3 is 5.97 Å². The highest BCUT2D eigenvalue weighted by Crippen LogP contribution is 2.28. The fourth-order valence-electron chi connectivity index (χ4n) is 3.67. The number of hydrogen-bond donors (Lipinski definition) is 1. The molecule has 0 spiro atoms. The lowest BCUT2D eigenvalue weighted by molar-refractivity contribution is 0.0366. The van der Waals surface area contributed by atoms with E-state index in [1.165, 1.54) is 7.11 Å². The van der Waals surface area contributed by atoms with Crippen LogP contribution in [0.5, 0.6) is 0 Å². The van der Waals surface area contributed by atoms with Gasteiger partial charge in [0.25, 0.3) is 0 Å². The summed E-state index contributed by atoms with van der Waals surface area (Å²) < 4.78 is 10.2. The van der Waals surface area contributed by atoms with Gasteiger partial charge in [0.2, 0.25) is 5.95 Å². The molecule has 1 unspecified atom stereocenters. The van der Waals surface area contributed by atoms with Crippen LogP contribution in [0.25, 0.3) is 11.3 Å². The number of rotatable bonds is 5. The van der Waals surface area contributed by atoms with Crippen LogP contribution in [0.1, 0.15) is 30.1 Å². The normalized spacial score (nSPS) is 21.6. The Morgan fingerprint density at radius 2 is 2.03 bits per heavy atom. The second-order valence-corrected chi connectivity index (χ2v) is 8.09. The standard InChI is InChI=1S/C21H24ClN5O3/c1-21(12-24-27(13-21)16-7-9-30-10-8-16)26-20-23-11-17(22)18(25-20)14-3-5-15(6-4-14)19(28)29-2/h3-6,11-12,16H,7-10,13H2,1-2H3,(H,23,25,26). The maximum atomic E-state index is 11.6. The smallest absolute Gasteiger partial charge is 0.337 e. The van der Waals surface area contributed by atoms with Crippen LogP contribution in [0.4, 0.5) is 5.95 Å². The maximum absolute atomic E-state index is 11.6. The lowest BCUT2D eigenvalue weighted by Gasteiger charge is -2.32. The van der Waals surface area contributed by atoms with Gasteiger partial charge in [0.1, 0.15) is 0 Å². The van der Waals surface area contributed by atoms with Crippen LogP contribution in [-0.2, 0) is 9.47 Å². The van der Waals surface area contributed by atoms with Gasteiger partial charge in [-0.05, 0) is 31.9 Å². The molecule has 30 heavy (non-hydrogen) atoms. The summed E-state index contributed by atoms with van der Waals surface area (Å²) >= 11 is 6.35. The van der Waals surface area contributed by atoms with Gasteiger partial charge < -0.3 is 14.8 Å². The van der Waals surface area contributed by atoms with Crippen molar-refractivity contribution in [3.63, 3.8) is 0 Å². The van der Waals surface area contributed by atoms with Crippen molar-refractivity contribution >= 4 is 29.7 Å². The molecule has 158 valence electrons. The zero-order valence-corrected chi connectivity index (χ0v) is 17.7. The number of esters is 1. The molecule has 1 aromatic carbocycles. The third kappa shape index (κ3) is 4.39. The molecule has 2 aliphatic rings. The lowest BCUT2D eigenvalue weighted by Crippen LogP contribution is -2.45. The van der Waals surface area contributed by atoms with E-state index in [2.05, 4.69) is 32.3 Å². The van der Waals surface area contributed by atoms with Crippen molar-refractivity contribution in [1.29, 1.82) is 0 Å². The Hall–Kier alpha value is -2.71. The van der Waals surface area contributed by atoms with Crippen LogP contribution in [0, 0.1) is 0 Å². The molecule has 0 bridgehead atoms. The highest BCUT2D eigenvalue weighted by molar-refractivity contribution is 6.32. The van der Waals surface area contributed by atoms with Crippen molar-refractivity contribution in [3.05, 3.63) is 41.0 Å². The minimum atomic E-state index is -0.391. The number of hydrogen-bond acceptors (Lipinski definition) is 8. The van der Waals surface area contributed by atoms with E-state index in [1.807, 2.05) is 6.21 Å². The molecule has 0 radical (unpaired) electrons. The molecule has 4 rings (SSSR count). The molecule has 0 amide bonds. The van der Waals surface area contributed by atoms with Crippen molar-refractivity contribution in [2.24, 2.45) is 5.10 Å². The molecule has 1 aromatic heterocycles. The molecule has 3 heterocycles. The molecular weight excluding hydrogens is 406 g/mol. The van der Waals surface area contributed by atoms with E-state index in [9.17, 15) is 4.79 Å². The molecule has 1 atom stereocenters. The number of anilines is 1. The molecule has 0 saturated carbocycles. The number of halogens is 1. The number of carbonyl (C=O) groups excluding carboxylic acids is 1. The van der Waals surface area contributed by atoms with Gasteiger partial charge in [-0.25, -0.2) is 14.8 Å². The van der Waals surface area contributed by atoms with E-state index in [1.54, 1.807) is 30.5 Å². The first-order chi connectivity index (χ1) is 14.5. The SMILES string of the molecule is COC(=O)c1ccc(-c2nc(NC3(C)C=NN(C4CCOCC4)C3)ncc2Cl)cc1. The van der Waals surface area contributed by atoms with E-state index < -0.39 is 5.54 Å². The van der Waals surface area contributed by atoms with E-state index in [4.69, 9.17) is 21.1 Å². The summed E-state index contributed by atoms with van der Waals surface area (Å²) in [6.07, 6.45) is 5.45. The van der Waals surface area contributed by atoms with E-state index >= 15 is 0 Å². The van der Waals surface area contributed by atoms with Gasteiger partial charge in [0.05, 0.1) is 53.9 Å². The Morgan fingerprint density at radius 1 is 1.30 bits per heavy atom. The summed E-state index contributed by atoms with van der Waals surface area (Å²) in [5.74, 6) is 0.0782. The van der Waals surface area contributed by atoms with Crippen molar-refractivity contribution < 1.29 is 14.3 Å². The minimum absolute atomic E-state index is 0.389. The number of ether oxygens (including phenoxy) is 2. The number of nitrogens with one attached hydrogen (secondary N) is 1. The topological polar surface area (TPSA) is 88.9 Å². The summed E-state index contributed by atoms with van der Waals surface area (Å²) in [6.45, 7) is 4.35. The Bertz CT molecular complexity index is 946. The lowest BCUT2D eigenvalue weighted by atomic mass is 10.0. The average molecular weight is 430 g/mol. The third-order valence-corrected chi connectivity index (χ3v) is 5.59. The van der Waals surface area contributed by atoms with Crippen molar-refractivity contribution in [1.82, 2.24) is 15.0 Å². The van der Waals surface area contributed by atoms with Gasteiger partial charge in [0.15, 0.2) is 0 Å². The van der Waals surface area contributed by atoms with Gasteiger partial charge in [-0.15, -0.1) is 0 Å². The highest BCUT2D eigenvalue weighted by atomic mass is 35.5. The largest absolute Gasteiger partial charge is 0.465 e. The number of nitrogens with zero attached hydrogens (tertiary/aromatic N) is 4. The van der Waals surface area contributed by atoms with Crippen molar-refractivity contribution in [3.8, 4) is 11.3 Å². The number of hydrazone groups is 1. The van der Waals surface area contributed by atoms with Crippen LogP contribution < -0.4 is 5.32 Å². The zero-order chi connectivity index (χ0) is 21.1. The Kier molecular flexibility index (Phi) is 5.87. The molecule has 0 aliphatic carbocycles. The molecule has 1 saturated heterocycles. The first kappa shape index (κ1) is 20.6. The highest BCUT2D eigenvalue weighted by Gasteiger charge is 2.35. The first-order valence-corrected chi connectivity index (χ1v) is 10.2. The molecule has 1 N–H and O–H groups in total. The number of aromatic nitrogens is 2. The average Bonchev–Trinajstić information content (AvgIpc) is 3.17. The summed E-state index contributed by atoms with van der Waals surface area (Å²) in [7, 11) is 1.35. The Morgan fingerprint density at radius 3 is 2.73 bits per heavy atom. The van der Waals surface area contributed by atoms with Gasteiger partial charge in [-0.1, -0.05) is 23.7 Å². The van der Waals surface area contributed by atoms with Gasteiger partial charge in [0, 0.05) is 18.8 Å². The fraction of sp³-hybridized carbons (Fsp3) is 0.429. The molecule has 2 aliphatic heterocycles. The number of carbonyl (C=O) groups is 1. The maximum Gasteiger partial charge on any atom is 0.337 e. The van der Waals surface area contributed by atoms with E-state index in [0.717, 1.165) is 38.2 Å². The first-order valence-electron chi connectivity index (χ1n) is 9.86. The van der Waals surface area contributed by atoms with E-state index in [0.29, 0.717) is 28.3 Å². The minimum Gasteiger partial charge on any atom is -0.465 e. The van der Waals surface area contributed by atoms with Crippen LogP contribution >= 0.6 is 11.6 Å². The zero-order valence-electron chi connectivity index (χ0n) is 17.0. The molecule has 9 heteroatoms. The van der Waals surface area contributed by atoms with Crippen molar-refractivity contribution in [2.45, 2.75) is 31.3 Å². The fourth-order valence-corrected chi connectivity index (χ4v) is 3.87. The molecule has 2 aromatic rings. The monoisotopic (exact) mass is 429 g/mol. The summed E-state index contributed by atoms with van der Waals surface area (Å²) in [5, 5.41) is 10.5. The quantitative estimate of drug-likeness (QED) is 0.730. The third-order valence-electron chi connectivity index (χ3n) is 5.31.